The topological polar surface area (TPSA) is 0 Å². The van der Waals surface area contributed by atoms with Crippen LogP contribution < -0.4 is 0 Å². The first-order chi connectivity index (χ1) is 17.6. The number of hydrogen-bond donors (Lipinski definition) is 0. The molecule has 2 aliphatic carbocycles. The molecule has 0 atom stereocenters. The maximum absolute atomic E-state index is 15.0. The third-order valence-corrected chi connectivity index (χ3v) is 8.59. The van der Waals surface area contributed by atoms with Crippen LogP contribution in [0.2, 0.25) is 0 Å². The minimum absolute atomic E-state index is 0.0291. The molecule has 0 aromatic heterocycles. The Labute approximate surface area is 216 Å². The first-order valence-corrected chi connectivity index (χ1v) is 13.7. The zero-order valence-corrected chi connectivity index (χ0v) is 21.4. The van der Waals surface area contributed by atoms with Gasteiger partial charge in [0.1, 0.15) is 17.5 Å². The first kappa shape index (κ1) is 27.8. The highest BCUT2D eigenvalue weighted by Crippen LogP contribution is 2.45. The molecule has 0 amide bonds. The number of unbranched alkanes of at least 4 members (excludes halogenated alkanes) is 1. The molecule has 0 N–H and O–H groups in total. The van der Waals surface area contributed by atoms with Crippen LogP contribution >= 0.6 is 0 Å². The molecule has 2 aromatic carbocycles. The van der Waals surface area contributed by atoms with Crippen LogP contribution in [0.4, 0.5) is 26.3 Å². The van der Waals surface area contributed by atoms with Crippen LogP contribution in [-0.4, -0.2) is 6.18 Å². The maximum Gasteiger partial charge on any atom is 0.409 e. The van der Waals surface area contributed by atoms with E-state index >= 15 is 4.39 Å². The standard InChI is InChI=1S/C31H36F6/c1-2-3-4-20-5-7-21(8-6-20)22-9-11-23(12-10-22)24-13-14-26(28(32)17-24)25-18-29(33)27(30(34)19-25)15-16-31(35,36)37/h13-23H,2-12H2,1H3/b16-15+. The van der Waals surface area contributed by atoms with E-state index in [9.17, 15) is 22.0 Å². The van der Waals surface area contributed by atoms with Crippen LogP contribution in [0.15, 0.2) is 36.4 Å². The Kier molecular flexibility index (Phi) is 9.07. The van der Waals surface area contributed by atoms with E-state index in [0.717, 1.165) is 61.1 Å². The Morgan fingerprint density at radius 2 is 1.38 bits per heavy atom. The molecule has 0 nitrogen and oxygen atoms in total. The minimum Gasteiger partial charge on any atom is -0.206 e. The minimum atomic E-state index is -4.69. The van der Waals surface area contributed by atoms with Gasteiger partial charge < -0.3 is 0 Å². The van der Waals surface area contributed by atoms with Crippen LogP contribution in [-0.2, 0) is 0 Å². The zero-order valence-electron chi connectivity index (χ0n) is 21.4. The van der Waals surface area contributed by atoms with Crippen molar-refractivity contribution in [2.24, 2.45) is 17.8 Å². The highest BCUT2D eigenvalue weighted by atomic mass is 19.4. The molecule has 4 rings (SSSR count). The summed E-state index contributed by atoms with van der Waals surface area (Å²) in [4.78, 5) is 0. The lowest BCUT2D eigenvalue weighted by atomic mass is 9.68. The van der Waals surface area contributed by atoms with E-state index in [2.05, 4.69) is 6.92 Å². The normalized spacial score (nSPS) is 25.1. The predicted molar refractivity (Wildman–Crippen MR) is 137 cm³/mol. The third kappa shape index (κ3) is 7.20. The summed E-state index contributed by atoms with van der Waals surface area (Å²) in [6.45, 7) is 2.25. The van der Waals surface area contributed by atoms with Gasteiger partial charge in [-0.25, -0.2) is 13.2 Å². The smallest absolute Gasteiger partial charge is 0.206 e. The number of benzene rings is 2. The number of rotatable bonds is 7. The van der Waals surface area contributed by atoms with Crippen LogP contribution in [0, 0.1) is 35.2 Å². The van der Waals surface area contributed by atoms with Crippen molar-refractivity contribution in [2.75, 3.05) is 0 Å². The lowest BCUT2D eigenvalue weighted by Gasteiger charge is -2.38. The molecular weight excluding hydrogens is 486 g/mol. The summed E-state index contributed by atoms with van der Waals surface area (Å²) in [7, 11) is 0. The summed E-state index contributed by atoms with van der Waals surface area (Å²) in [6.07, 6.45) is 9.15. The predicted octanol–water partition coefficient (Wildman–Crippen LogP) is 10.6. The monoisotopic (exact) mass is 522 g/mol. The lowest BCUT2D eigenvalue weighted by molar-refractivity contribution is -0.0790. The fraction of sp³-hybridized carbons (Fsp3) is 0.548. The van der Waals surface area contributed by atoms with E-state index in [4.69, 9.17) is 0 Å². The van der Waals surface area contributed by atoms with Gasteiger partial charge in [-0.2, -0.15) is 13.2 Å². The Hall–Kier alpha value is -2.24. The molecule has 2 fully saturated rings. The van der Waals surface area contributed by atoms with Gasteiger partial charge in [-0.1, -0.05) is 51.2 Å². The second-order valence-corrected chi connectivity index (χ2v) is 11.0. The molecule has 0 heterocycles. The third-order valence-electron chi connectivity index (χ3n) is 8.59. The van der Waals surface area contributed by atoms with Crippen molar-refractivity contribution in [3.8, 4) is 11.1 Å². The van der Waals surface area contributed by atoms with E-state index in [0.29, 0.717) is 6.08 Å². The second kappa shape index (κ2) is 12.1. The largest absolute Gasteiger partial charge is 0.409 e. The summed E-state index contributed by atoms with van der Waals surface area (Å²) in [5.41, 5.74) is 0.0841. The average molecular weight is 523 g/mol. The molecule has 0 saturated heterocycles. The molecule has 0 spiro atoms. The van der Waals surface area contributed by atoms with Crippen molar-refractivity contribution in [1.82, 2.24) is 0 Å². The van der Waals surface area contributed by atoms with Crippen LogP contribution in [0.5, 0.6) is 0 Å². The van der Waals surface area contributed by atoms with Gasteiger partial charge in [0.05, 0.1) is 0 Å². The molecule has 202 valence electrons. The Balaban J connectivity index is 1.38. The fourth-order valence-corrected chi connectivity index (χ4v) is 6.46. The van der Waals surface area contributed by atoms with E-state index < -0.39 is 29.2 Å². The molecule has 6 heteroatoms. The number of allylic oxidation sites excluding steroid dienone is 1. The summed E-state index contributed by atoms with van der Waals surface area (Å²) >= 11 is 0. The first-order valence-electron chi connectivity index (χ1n) is 13.7. The Morgan fingerprint density at radius 1 is 0.784 bits per heavy atom. The van der Waals surface area contributed by atoms with Crippen molar-refractivity contribution in [3.63, 3.8) is 0 Å². The molecule has 0 unspecified atom stereocenters. The number of halogens is 6. The molecule has 0 bridgehead atoms. The molecule has 2 aromatic rings. The molecule has 37 heavy (non-hydrogen) atoms. The summed E-state index contributed by atoms with van der Waals surface area (Å²) < 4.78 is 80.9. The van der Waals surface area contributed by atoms with Gasteiger partial charge in [-0.3, -0.25) is 0 Å². The van der Waals surface area contributed by atoms with Crippen molar-refractivity contribution in [2.45, 2.75) is 89.6 Å². The van der Waals surface area contributed by atoms with Crippen LogP contribution in [0.25, 0.3) is 17.2 Å². The fourth-order valence-electron chi connectivity index (χ4n) is 6.46. The Morgan fingerprint density at radius 3 is 1.92 bits per heavy atom. The highest BCUT2D eigenvalue weighted by molar-refractivity contribution is 5.67. The van der Waals surface area contributed by atoms with Crippen molar-refractivity contribution in [1.29, 1.82) is 0 Å². The molecule has 0 radical (unpaired) electrons. The van der Waals surface area contributed by atoms with Gasteiger partial charge >= 0.3 is 6.18 Å². The molecule has 2 saturated carbocycles. The van der Waals surface area contributed by atoms with Crippen molar-refractivity contribution < 1.29 is 26.3 Å². The highest BCUT2D eigenvalue weighted by Gasteiger charge is 2.31. The van der Waals surface area contributed by atoms with Gasteiger partial charge in [0.15, 0.2) is 0 Å². The average Bonchev–Trinajstić information content (AvgIpc) is 2.86. The lowest BCUT2D eigenvalue weighted by Crippen LogP contribution is -2.25. The molecule has 2 aliphatic rings. The van der Waals surface area contributed by atoms with Gasteiger partial charge in [-0.05, 0) is 97.6 Å². The van der Waals surface area contributed by atoms with Gasteiger partial charge in [0.25, 0.3) is 0 Å². The van der Waals surface area contributed by atoms with Gasteiger partial charge in [-0.15, -0.1) is 0 Å². The van der Waals surface area contributed by atoms with E-state index in [1.165, 1.54) is 57.1 Å². The maximum atomic E-state index is 15.0. The van der Waals surface area contributed by atoms with Gasteiger partial charge in [0, 0.05) is 17.2 Å². The Bertz CT molecular complexity index is 1050. The summed E-state index contributed by atoms with van der Waals surface area (Å²) in [5.74, 6) is -0.177. The van der Waals surface area contributed by atoms with E-state index in [1.807, 2.05) is 6.07 Å². The summed E-state index contributed by atoms with van der Waals surface area (Å²) in [5, 5.41) is 0. The van der Waals surface area contributed by atoms with Crippen molar-refractivity contribution in [3.05, 3.63) is 65.0 Å². The second-order valence-electron chi connectivity index (χ2n) is 11.0. The van der Waals surface area contributed by atoms with Crippen molar-refractivity contribution >= 4 is 6.08 Å². The van der Waals surface area contributed by atoms with E-state index in [-0.39, 0.29) is 23.1 Å². The number of hydrogen-bond acceptors (Lipinski definition) is 0. The molecule has 0 aliphatic heterocycles. The van der Waals surface area contributed by atoms with Gasteiger partial charge in [0.2, 0.25) is 0 Å². The SMILES string of the molecule is CCCCC1CCC(C2CCC(c3ccc(-c4cc(F)c(/C=C/C(F)(F)F)c(F)c4)c(F)c3)CC2)CC1. The summed E-state index contributed by atoms with van der Waals surface area (Å²) in [6, 6.07) is 6.54. The van der Waals surface area contributed by atoms with Crippen LogP contribution in [0.3, 0.4) is 0 Å². The van der Waals surface area contributed by atoms with Crippen LogP contribution in [0.1, 0.15) is 94.6 Å². The van der Waals surface area contributed by atoms with E-state index in [1.54, 1.807) is 0 Å². The molecular formula is C31H36F6. The quantitative estimate of drug-likeness (QED) is 0.317. The zero-order chi connectivity index (χ0) is 26.6. The number of alkyl halides is 3.